The van der Waals surface area contributed by atoms with Gasteiger partial charge in [0, 0.05) is 12.0 Å². The van der Waals surface area contributed by atoms with Crippen molar-refractivity contribution in [2.24, 2.45) is 0 Å². The molecule has 0 aliphatic heterocycles. The lowest BCUT2D eigenvalue weighted by Gasteiger charge is -2.26. The quantitative estimate of drug-likeness (QED) is 0.236. The molecule has 0 aromatic heterocycles. The van der Waals surface area contributed by atoms with Crippen LogP contribution in [0.25, 0.3) is 10.8 Å². The molecule has 0 aliphatic rings. The number of Topliss-reactive ketones (excluding diaryl/α,β-unsaturated/α-hetero) is 1. The van der Waals surface area contributed by atoms with E-state index in [0.29, 0.717) is 5.56 Å². The number of fused-ring (bicyclic) bond motifs is 1. The third-order valence-corrected chi connectivity index (χ3v) is 6.76. The highest BCUT2D eigenvalue weighted by molar-refractivity contribution is 7.54. The van der Waals surface area contributed by atoms with E-state index in [4.69, 9.17) is 48.6 Å². The standard InChI is InChI=1S/C20H23Cl3NO6P/c1-3-29-31(27,30-4-2)18(24-19(26)28-13-20(21,22)23)12-17(25)16-11-7-9-14-8-5-6-10-15(14)16/h5-11,18H,3-4,12-13H2,1-2H3,(H,24,26)/t18-/m1/s1. The van der Waals surface area contributed by atoms with Crippen LogP contribution in [-0.2, 0) is 18.3 Å². The van der Waals surface area contributed by atoms with Crippen LogP contribution in [0.4, 0.5) is 4.79 Å². The van der Waals surface area contributed by atoms with E-state index in [1.54, 1.807) is 26.0 Å². The molecule has 1 atom stereocenters. The van der Waals surface area contributed by atoms with Crippen molar-refractivity contribution in [3.05, 3.63) is 48.0 Å². The summed E-state index contributed by atoms with van der Waals surface area (Å²) in [7, 11) is -3.91. The number of alkyl carbamates (subject to hydrolysis) is 1. The summed E-state index contributed by atoms with van der Waals surface area (Å²) in [6, 6.07) is 12.6. The lowest BCUT2D eigenvalue weighted by atomic mass is 10.00. The molecule has 0 fully saturated rings. The number of halogens is 3. The molecule has 170 valence electrons. The van der Waals surface area contributed by atoms with Gasteiger partial charge in [-0.2, -0.15) is 0 Å². The van der Waals surface area contributed by atoms with Crippen molar-refractivity contribution in [1.29, 1.82) is 0 Å². The van der Waals surface area contributed by atoms with Gasteiger partial charge in [0.1, 0.15) is 12.4 Å². The van der Waals surface area contributed by atoms with Gasteiger partial charge in [-0.3, -0.25) is 9.36 Å². The van der Waals surface area contributed by atoms with Crippen LogP contribution in [0.2, 0.25) is 0 Å². The summed E-state index contributed by atoms with van der Waals surface area (Å²) < 4.78 is 27.0. The van der Waals surface area contributed by atoms with E-state index in [0.717, 1.165) is 10.8 Å². The zero-order valence-electron chi connectivity index (χ0n) is 17.0. The minimum absolute atomic E-state index is 0.0428. The van der Waals surface area contributed by atoms with Gasteiger partial charge in [-0.05, 0) is 24.6 Å². The lowest BCUT2D eigenvalue weighted by molar-refractivity contribution is 0.0966. The molecule has 1 amide bonds. The molecule has 0 saturated heterocycles. The van der Waals surface area contributed by atoms with Gasteiger partial charge in [0.25, 0.3) is 0 Å². The highest BCUT2D eigenvalue weighted by Gasteiger charge is 2.39. The van der Waals surface area contributed by atoms with Crippen LogP contribution in [0.5, 0.6) is 0 Å². The molecule has 0 bridgehead atoms. The second-order valence-electron chi connectivity index (χ2n) is 6.38. The predicted molar refractivity (Wildman–Crippen MR) is 122 cm³/mol. The third kappa shape index (κ3) is 7.63. The van der Waals surface area contributed by atoms with Crippen LogP contribution in [0.15, 0.2) is 42.5 Å². The molecule has 0 unspecified atom stereocenters. The summed E-state index contributed by atoms with van der Waals surface area (Å²) in [6.07, 6.45) is -1.38. The molecule has 0 radical (unpaired) electrons. The van der Waals surface area contributed by atoms with Gasteiger partial charge in [0.15, 0.2) is 5.78 Å². The minimum Gasteiger partial charge on any atom is -0.445 e. The second-order valence-corrected chi connectivity index (χ2v) is 11.1. The second kappa shape index (κ2) is 11.5. The van der Waals surface area contributed by atoms with E-state index in [-0.39, 0.29) is 25.4 Å². The maximum Gasteiger partial charge on any atom is 0.408 e. The van der Waals surface area contributed by atoms with Crippen LogP contribution in [0.3, 0.4) is 0 Å². The van der Waals surface area contributed by atoms with Gasteiger partial charge in [0.2, 0.25) is 3.79 Å². The topological polar surface area (TPSA) is 90.9 Å². The fraction of sp³-hybridized carbons (Fsp3) is 0.400. The number of ether oxygens (including phenoxy) is 1. The predicted octanol–water partition coefficient (Wildman–Crippen LogP) is 6.10. The Hall–Kier alpha value is -1.34. The monoisotopic (exact) mass is 509 g/mol. The van der Waals surface area contributed by atoms with Gasteiger partial charge < -0.3 is 19.1 Å². The minimum atomic E-state index is -3.91. The van der Waals surface area contributed by atoms with E-state index < -0.39 is 29.9 Å². The summed E-state index contributed by atoms with van der Waals surface area (Å²) in [5.74, 6) is -1.66. The lowest BCUT2D eigenvalue weighted by Crippen LogP contribution is -2.39. The molecule has 0 heterocycles. The Labute approximate surface area is 195 Å². The van der Waals surface area contributed by atoms with Crippen molar-refractivity contribution in [3.63, 3.8) is 0 Å². The first-order valence-electron chi connectivity index (χ1n) is 9.49. The number of nitrogens with one attached hydrogen (secondary N) is 1. The number of benzene rings is 2. The molecule has 2 aromatic rings. The maximum absolute atomic E-state index is 13.3. The summed E-state index contributed by atoms with van der Waals surface area (Å²) in [4.78, 5) is 25.4. The SMILES string of the molecule is CCOP(=O)(OCC)[C@H](CC(=O)c1cccc2ccccc12)NC(=O)OCC(Cl)(Cl)Cl. The molecule has 1 N–H and O–H groups in total. The first kappa shape index (κ1) is 25.9. The summed E-state index contributed by atoms with van der Waals surface area (Å²) in [5.41, 5.74) is 0.416. The van der Waals surface area contributed by atoms with Gasteiger partial charge >= 0.3 is 13.7 Å². The van der Waals surface area contributed by atoms with Crippen LogP contribution in [-0.4, -0.2) is 41.3 Å². The Morgan fingerprint density at radius 1 is 1.03 bits per heavy atom. The fourth-order valence-electron chi connectivity index (χ4n) is 2.90. The number of alkyl halides is 3. The Morgan fingerprint density at radius 2 is 1.65 bits per heavy atom. The van der Waals surface area contributed by atoms with Crippen molar-refractivity contribution in [1.82, 2.24) is 5.32 Å². The van der Waals surface area contributed by atoms with Crippen molar-refractivity contribution in [2.45, 2.75) is 29.8 Å². The summed E-state index contributed by atoms with van der Waals surface area (Å²) >= 11 is 16.8. The molecule has 11 heteroatoms. The van der Waals surface area contributed by atoms with Crippen molar-refractivity contribution in [2.75, 3.05) is 19.8 Å². The van der Waals surface area contributed by atoms with E-state index in [1.807, 2.05) is 30.3 Å². The average Bonchev–Trinajstić information content (AvgIpc) is 2.71. The molecule has 0 spiro atoms. The number of rotatable bonds is 10. The van der Waals surface area contributed by atoms with Crippen LogP contribution < -0.4 is 5.32 Å². The van der Waals surface area contributed by atoms with E-state index in [1.165, 1.54) is 0 Å². The zero-order chi connectivity index (χ0) is 23.1. The number of amides is 1. The van der Waals surface area contributed by atoms with Gasteiger partial charge in [-0.15, -0.1) is 0 Å². The fourth-order valence-corrected chi connectivity index (χ4v) is 4.87. The van der Waals surface area contributed by atoms with Gasteiger partial charge in [-0.1, -0.05) is 77.3 Å². The van der Waals surface area contributed by atoms with E-state index in [2.05, 4.69) is 5.32 Å². The first-order chi connectivity index (χ1) is 14.6. The normalized spacial score (nSPS) is 13.1. The highest BCUT2D eigenvalue weighted by atomic mass is 35.6. The first-order valence-corrected chi connectivity index (χ1v) is 12.2. The van der Waals surface area contributed by atoms with Crippen LogP contribution >= 0.6 is 42.4 Å². The number of hydrogen-bond donors (Lipinski definition) is 1. The Balaban J connectivity index is 2.31. The van der Waals surface area contributed by atoms with Crippen LogP contribution in [0.1, 0.15) is 30.6 Å². The highest BCUT2D eigenvalue weighted by Crippen LogP contribution is 2.53. The zero-order valence-corrected chi connectivity index (χ0v) is 20.1. The molecule has 0 aliphatic carbocycles. The molecule has 2 aromatic carbocycles. The smallest absolute Gasteiger partial charge is 0.408 e. The van der Waals surface area contributed by atoms with Crippen LogP contribution in [0, 0.1) is 0 Å². The van der Waals surface area contributed by atoms with Gasteiger partial charge in [0.05, 0.1) is 13.2 Å². The largest absolute Gasteiger partial charge is 0.445 e. The molecule has 7 nitrogen and oxygen atoms in total. The van der Waals surface area contributed by atoms with Gasteiger partial charge in [-0.25, -0.2) is 4.79 Å². The van der Waals surface area contributed by atoms with Crippen molar-refractivity contribution < 1.29 is 27.9 Å². The summed E-state index contributed by atoms with van der Waals surface area (Å²) in [6.45, 7) is 2.79. The number of hydrogen-bond acceptors (Lipinski definition) is 6. The third-order valence-electron chi connectivity index (χ3n) is 4.12. The molecule has 2 rings (SSSR count). The Morgan fingerprint density at radius 3 is 2.26 bits per heavy atom. The summed E-state index contributed by atoms with van der Waals surface area (Å²) in [5, 5.41) is 3.98. The van der Waals surface area contributed by atoms with Crippen molar-refractivity contribution in [3.8, 4) is 0 Å². The average molecular weight is 511 g/mol. The number of ketones is 1. The number of carbonyl (C=O) groups excluding carboxylic acids is 2. The molecule has 31 heavy (non-hydrogen) atoms. The Bertz CT molecular complexity index is 950. The van der Waals surface area contributed by atoms with Crippen molar-refractivity contribution >= 4 is 65.0 Å². The molecule has 0 saturated carbocycles. The number of carbonyl (C=O) groups is 2. The van der Waals surface area contributed by atoms with E-state index >= 15 is 0 Å². The maximum atomic E-state index is 13.3. The molecular formula is C20H23Cl3NO6P. The Kier molecular flexibility index (Phi) is 9.62. The van der Waals surface area contributed by atoms with E-state index in [9.17, 15) is 14.2 Å². The molecular weight excluding hydrogens is 488 g/mol.